The molecule has 0 aromatic heterocycles. The number of aliphatic hydroxyl groups is 1. The highest BCUT2D eigenvalue weighted by Gasteiger charge is 2.30. The summed E-state index contributed by atoms with van der Waals surface area (Å²) in [6.07, 6.45) is -0.786. The van der Waals surface area contributed by atoms with Crippen LogP contribution in [0.2, 0.25) is 0 Å². The van der Waals surface area contributed by atoms with Crippen molar-refractivity contribution in [3.63, 3.8) is 0 Å². The van der Waals surface area contributed by atoms with Gasteiger partial charge in [0.2, 0.25) is 10.0 Å². The Morgan fingerprint density at radius 1 is 1.21 bits per heavy atom. The first-order chi connectivity index (χ1) is 11.4. The van der Waals surface area contributed by atoms with E-state index in [1.807, 2.05) is 24.3 Å². The molecule has 1 aliphatic heterocycles. The maximum atomic E-state index is 12.3. The fraction of sp³-hybridized carbons (Fsp3) is 0.294. The molecule has 1 heterocycles. The van der Waals surface area contributed by atoms with Gasteiger partial charge < -0.3 is 14.7 Å². The van der Waals surface area contributed by atoms with E-state index in [0.717, 1.165) is 15.4 Å². The van der Waals surface area contributed by atoms with E-state index in [4.69, 9.17) is 4.74 Å². The van der Waals surface area contributed by atoms with Crippen LogP contribution in [0.3, 0.4) is 0 Å². The van der Waals surface area contributed by atoms with E-state index in [1.165, 1.54) is 33.3 Å². The summed E-state index contributed by atoms with van der Waals surface area (Å²) >= 11 is 0. The quantitative estimate of drug-likeness (QED) is 0.915. The lowest BCUT2D eigenvalue weighted by atomic mass is 10.1. The molecule has 7 heteroatoms. The van der Waals surface area contributed by atoms with Crippen LogP contribution in [0.15, 0.2) is 47.4 Å². The van der Waals surface area contributed by atoms with Gasteiger partial charge in [0.05, 0.1) is 17.7 Å². The SMILES string of the molecule is COc1cc(S(=O)(=O)N(C)C)ccc1N1Cc2ccccc2C1O. The van der Waals surface area contributed by atoms with Crippen LogP contribution < -0.4 is 9.64 Å². The third kappa shape index (κ3) is 2.64. The lowest BCUT2D eigenvalue weighted by Gasteiger charge is -2.25. The standard InChI is InChI=1S/C17H20N2O4S/c1-18(2)24(21,22)13-8-9-15(16(10-13)23-3)19-11-12-6-4-5-7-14(12)17(19)20/h4-10,17,20H,11H2,1-3H3. The fourth-order valence-electron chi connectivity index (χ4n) is 2.85. The van der Waals surface area contributed by atoms with Crippen LogP contribution >= 0.6 is 0 Å². The molecule has 6 nitrogen and oxygen atoms in total. The molecule has 1 unspecified atom stereocenters. The molecule has 2 aromatic carbocycles. The predicted octanol–water partition coefficient (Wildman–Crippen LogP) is 1.96. The number of hydrogen-bond donors (Lipinski definition) is 1. The van der Waals surface area contributed by atoms with Gasteiger partial charge in [0.25, 0.3) is 0 Å². The van der Waals surface area contributed by atoms with Crippen LogP contribution in [0, 0.1) is 0 Å². The molecule has 0 amide bonds. The van der Waals surface area contributed by atoms with E-state index < -0.39 is 16.3 Å². The summed E-state index contributed by atoms with van der Waals surface area (Å²) in [5.74, 6) is 0.407. The van der Waals surface area contributed by atoms with Gasteiger partial charge in [-0.3, -0.25) is 0 Å². The number of benzene rings is 2. The van der Waals surface area contributed by atoms with E-state index in [1.54, 1.807) is 11.0 Å². The van der Waals surface area contributed by atoms with Crippen molar-refractivity contribution in [2.75, 3.05) is 26.1 Å². The third-order valence-corrected chi connectivity index (χ3v) is 6.02. The third-order valence-electron chi connectivity index (χ3n) is 4.21. The molecule has 0 radical (unpaired) electrons. The van der Waals surface area contributed by atoms with Gasteiger partial charge >= 0.3 is 0 Å². The van der Waals surface area contributed by atoms with Gasteiger partial charge in [0.15, 0.2) is 6.23 Å². The smallest absolute Gasteiger partial charge is 0.242 e. The van der Waals surface area contributed by atoms with Crippen molar-refractivity contribution in [2.24, 2.45) is 0 Å². The summed E-state index contributed by atoms with van der Waals surface area (Å²) in [6, 6.07) is 12.4. The number of fused-ring (bicyclic) bond motifs is 1. The van der Waals surface area contributed by atoms with E-state index >= 15 is 0 Å². The summed E-state index contributed by atoms with van der Waals surface area (Å²) in [6.45, 7) is 0.535. The predicted molar refractivity (Wildman–Crippen MR) is 91.5 cm³/mol. The Hall–Kier alpha value is -2.09. The van der Waals surface area contributed by atoms with Crippen LogP contribution in [-0.2, 0) is 16.6 Å². The minimum Gasteiger partial charge on any atom is -0.495 e. The molecular formula is C17H20N2O4S. The van der Waals surface area contributed by atoms with Gasteiger partial charge in [-0.2, -0.15) is 0 Å². The number of aliphatic hydroxyl groups excluding tert-OH is 1. The van der Waals surface area contributed by atoms with Gasteiger partial charge in [-0.1, -0.05) is 24.3 Å². The van der Waals surface area contributed by atoms with Crippen molar-refractivity contribution in [3.05, 3.63) is 53.6 Å². The van der Waals surface area contributed by atoms with Crippen molar-refractivity contribution in [1.29, 1.82) is 0 Å². The second kappa shape index (κ2) is 6.08. The molecule has 0 bridgehead atoms. The summed E-state index contributed by atoms with van der Waals surface area (Å²) in [4.78, 5) is 1.94. The van der Waals surface area contributed by atoms with E-state index in [9.17, 15) is 13.5 Å². The highest BCUT2D eigenvalue weighted by Crippen LogP contribution is 2.41. The first kappa shape index (κ1) is 16.8. The second-order valence-corrected chi connectivity index (χ2v) is 7.97. The molecule has 0 saturated heterocycles. The first-order valence-corrected chi connectivity index (χ1v) is 8.93. The molecular weight excluding hydrogens is 328 g/mol. The normalized spacial score (nSPS) is 17.2. The zero-order chi connectivity index (χ0) is 17.5. The summed E-state index contributed by atoms with van der Waals surface area (Å²) in [5.41, 5.74) is 2.54. The van der Waals surface area contributed by atoms with Crippen LogP contribution in [-0.4, -0.2) is 39.0 Å². The first-order valence-electron chi connectivity index (χ1n) is 7.49. The average molecular weight is 348 g/mol. The zero-order valence-electron chi connectivity index (χ0n) is 13.8. The number of anilines is 1. The van der Waals surface area contributed by atoms with Gasteiger partial charge in [-0.25, -0.2) is 12.7 Å². The molecule has 1 N–H and O–H groups in total. The van der Waals surface area contributed by atoms with Crippen molar-refractivity contribution < 1.29 is 18.3 Å². The highest BCUT2D eigenvalue weighted by atomic mass is 32.2. The summed E-state index contributed by atoms with van der Waals surface area (Å²) in [7, 11) is 0.907. The molecule has 2 aromatic rings. The maximum absolute atomic E-state index is 12.3. The van der Waals surface area contributed by atoms with Gasteiger partial charge in [-0.15, -0.1) is 0 Å². The topological polar surface area (TPSA) is 70.1 Å². The number of sulfonamides is 1. The Morgan fingerprint density at radius 3 is 2.54 bits per heavy atom. The minimum atomic E-state index is -3.54. The van der Waals surface area contributed by atoms with Gasteiger partial charge in [0, 0.05) is 32.3 Å². The number of rotatable bonds is 4. The van der Waals surface area contributed by atoms with E-state index in [-0.39, 0.29) is 4.90 Å². The number of methoxy groups -OCH3 is 1. The van der Waals surface area contributed by atoms with E-state index in [2.05, 4.69) is 0 Å². The summed E-state index contributed by atoms with van der Waals surface area (Å²) < 4.78 is 31.1. The average Bonchev–Trinajstić information content (AvgIpc) is 2.91. The van der Waals surface area contributed by atoms with Crippen LogP contribution in [0.4, 0.5) is 5.69 Å². The number of nitrogens with zero attached hydrogens (tertiary/aromatic N) is 2. The molecule has 128 valence electrons. The lowest BCUT2D eigenvalue weighted by molar-refractivity contribution is 0.181. The minimum absolute atomic E-state index is 0.152. The molecule has 24 heavy (non-hydrogen) atoms. The second-order valence-electron chi connectivity index (χ2n) is 5.82. The van der Waals surface area contributed by atoms with Crippen molar-refractivity contribution in [1.82, 2.24) is 4.31 Å². The zero-order valence-corrected chi connectivity index (χ0v) is 14.6. The van der Waals surface area contributed by atoms with Crippen molar-refractivity contribution in [3.8, 4) is 5.75 Å². The molecule has 0 spiro atoms. The van der Waals surface area contributed by atoms with Gasteiger partial charge in [0.1, 0.15) is 5.75 Å². The fourth-order valence-corrected chi connectivity index (χ4v) is 3.77. The van der Waals surface area contributed by atoms with E-state index in [0.29, 0.717) is 18.0 Å². The molecule has 0 saturated carbocycles. The summed E-state index contributed by atoms with van der Waals surface area (Å²) in [5, 5.41) is 10.6. The lowest BCUT2D eigenvalue weighted by Crippen LogP contribution is -2.24. The molecule has 0 fully saturated rings. The van der Waals surface area contributed by atoms with Crippen molar-refractivity contribution in [2.45, 2.75) is 17.7 Å². The Balaban J connectivity index is 2.02. The maximum Gasteiger partial charge on any atom is 0.242 e. The number of ether oxygens (including phenoxy) is 1. The van der Waals surface area contributed by atoms with Gasteiger partial charge in [-0.05, 0) is 17.7 Å². The Kier molecular flexibility index (Phi) is 4.25. The molecule has 1 atom stereocenters. The molecule has 0 aliphatic carbocycles. The highest BCUT2D eigenvalue weighted by molar-refractivity contribution is 7.89. The molecule has 1 aliphatic rings. The Bertz CT molecular complexity index is 865. The van der Waals surface area contributed by atoms with Crippen molar-refractivity contribution >= 4 is 15.7 Å². The number of hydrogen-bond acceptors (Lipinski definition) is 5. The van der Waals surface area contributed by atoms with Crippen LogP contribution in [0.25, 0.3) is 0 Å². The van der Waals surface area contributed by atoms with Crippen LogP contribution in [0.5, 0.6) is 5.75 Å². The largest absolute Gasteiger partial charge is 0.495 e. The van der Waals surface area contributed by atoms with Crippen LogP contribution in [0.1, 0.15) is 17.4 Å². The monoisotopic (exact) mass is 348 g/mol. The Morgan fingerprint density at radius 2 is 1.92 bits per heavy atom. The molecule has 3 rings (SSSR count). The Labute approximate surface area is 141 Å².